The lowest BCUT2D eigenvalue weighted by atomic mass is 9.58. The van der Waals surface area contributed by atoms with Crippen LogP contribution in [0.25, 0.3) is 0 Å². The van der Waals surface area contributed by atoms with E-state index in [1.54, 1.807) is 0 Å². The van der Waals surface area contributed by atoms with Crippen LogP contribution in [-0.2, 0) is 4.74 Å². The molecule has 30 heavy (non-hydrogen) atoms. The van der Waals surface area contributed by atoms with Gasteiger partial charge in [-0.15, -0.1) is 6.58 Å². The Balaban J connectivity index is 1.54. The lowest BCUT2D eigenvalue weighted by Gasteiger charge is -2.48. The summed E-state index contributed by atoms with van der Waals surface area (Å²) in [7, 11) is 0. The maximum Gasteiger partial charge on any atom is 0.0644 e. The van der Waals surface area contributed by atoms with Gasteiger partial charge in [0.05, 0.1) is 6.61 Å². The maximum atomic E-state index is 5.82. The lowest BCUT2D eigenvalue weighted by molar-refractivity contribution is 0.0127. The Morgan fingerprint density at radius 1 is 0.900 bits per heavy atom. The second kappa shape index (κ2) is 13.3. The summed E-state index contributed by atoms with van der Waals surface area (Å²) in [6, 6.07) is 0. The zero-order valence-corrected chi connectivity index (χ0v) is 20.4. The first-order valence-electron chi connectivity index (χ1n) is 14.0. The van der Waals surface area contributed by atoms with Crippen molar-refractivity contribution in [1.82, 2.24) is 0 Å². The van der Waals surface area contributed by atoms with Crippen LogP contribution in [0.4, 0.5) is 0 Å². The molecule has 0 aromatic carbocycles. The molecule has 1 heteroatoms. The molecule has 1 nitrogen and oxygen atoms in total. The van der Waals surface area contributed by atoms with Gasteiger partial charge in [0.2, 0.25) is 0 Å². The van der Waals surface area contributed by atoms with Crippen molar-refractivity contribution >= 4 is 0 Å². The van der Waals surface area contributed by atoms with E-state index in [0.717, 1.165) is 36.9 Å². The molecule has 0 amide bonds. The van der Waals surface area contributed by atoms with Crippen LogP contribution in [0.1, 0.15) is 129 Å². The van der Waals surface area contributed by atoms with Gasteiger partial charge < -0.3 is 4.74 Å². The first kappa shape index (κ1) is 24.3. The van der Waals surface area contributed by atoms with Crippen LogP contribution >= 0.6 is 0 Å². The Labute approximate surface area is 188 Å². The molecule has 0 spiro atoms. The van der Waals surface area contributed by atoms with Gasteiger partial charge in [-0.05, 0) is 74.0 Å². The van der Waals surface area contributed by atoms with Crippen molar-refractivity contribution in [2.24, 2.45) is 29.1 Å². The zero-order valence-electron chi connectivity index (χ0n) is 20.4. The van der Waals surface area contributed by atoms with E-state index in [0.29, 0.717) is 5.41 Å². The molecule has 3 rings (SSSR count). The fraction of sp³-hybridized carbons (Fsp3) is 0.931. The van der Waals surface area contributed by atoms with Gasteiger partial charge in [0, 0.05) is 6.61 Å². The molecule has 0 N–H and O–H groups in total. The summed E-state index contributed by atoms with van der Waals surface area (Å²) in [5.41, 5.74) is 0.679. The average molecular weight is 417 g/mol. The molecular formula is C29H52O. The van der Waals surface area contributed by atoms with Gasteiger partial charge in [-0.3, -0.25) is 0 Å². The molecule has 3 saturated carbocycles. The van der Waals surface area contributed by atoms with Gasteiger partial charge in [-0.1, -0.05) is 90.0 Å². The third kappa shape index (κ3) is 7.11. The molecule has 3 aliphatic rings. The van der Waals surface area contributed by atoms with Gasteiger partial charge in [0.1, 0.15) is 0 Å². The monoisotopic (exact) mass is 416 g/mol. The first-order valence-corrected chi connectivity index (χ1v) is 14.0. The van der Waals surface area contributed by atoms with E-state index in [2.05, 4.69) is 13.5 Å². The number of rotatable bonds is 12. The van der Waals surface area contributed by atoms with E-state index in [-0.39, 0.29) is 0 Å². The Morgan fingerprint density at radius 3 is 2.20 bits per heavy atom. The molecule has 0 heterocycles. The Bertz CT molecular complexity index is 449. The maximum absolute atomic E-state index is 5.82. The van der Waals surface area contributed by atoms with E-state index in [9.17, 15) is 0 Å². The van der Waals surface area contributed by atoms with Gasteiger partial charge in [-0.25, -0.2) is 0 Å². The molecule has 3 aliphatic carbocycles. The SMILES string of the molecule is C=CCOC[C@H]1CC[C@@](CCCC(CCC)C2CCCCC2)(C2CCCCC2)CC1. The highest BCUT2D eigenvalue weighted by Crippen LogP contribution is 2.53. The van der Waals surface area contributed by atoms with E-state index in [4.69, 9.17) is 4.74 Å². The molecule has 0 radical (unpaired) electrons. The van der Waals surface area contributed by atoms with E-state index in [1.807, 2.05) is 6.08 Å². The van der Waals surface area contributed by atoms with Crippen LogP contribution < -0.4 is 0 Å². The lowest BCUT2D eigenvalue weighted by Crippen LogP contribution is -2.37. The minimum absolute atomic E-state index is 0.679. The third-order valence-electron chi connectivity index (χ3n) is 9.39. The topological polar surface area (TPSA) is 9.23 Å². The fourth-order valence-corrected chi connectivity index (χ4v) is 7.62. The number of ether oxygens (including phenoxy) is 1. The summed E-state index contributed by atoms with van der Waals surface area (Å²) in [5.74, 6) is 3.92. The zero-order chi connectivity index (χ0) is 21.1. The second-order valence-electron chi connectivity index (χ2n) is 11.3. The van der Waals surface area contributed by atoms with Gasteiger partial charge in [0.25, 0.3) is 0 Å². The largest absolute Gasteiger partial charge is 0.377 e. The van der Waals surface area contributed by atoms with Crippen molar-refractivity contribution < 1.29 is 4.74 Å². The van der Waals surface area contributed by atoms with Gasteiger partial charge in [0.15, 0.2) is 0 Å². The van der Waals surface area contributed by atoms with Crippen LogP contribution in [0.5, 0.6) is 0 Å². The second-order valence-corrected chi connectivity index (χ2v) is 11.3. The standard InChI is InChI=1S/C29H52O/c1-3-12-26(27-13-7-5-8-14-27)15-11-20-29(28-16-9-6-10-17-28)21-18-25(19-22-29)24-30-23-4-2/h4,25-28H,2-3,5-24H2,1H3/t25-,26?,29+. The highest BCUT2D eigenvalue weighted by Gasteiger charge is 2.41. The van der Waals surface area contributed by atoms with Gasteiger partial charge in [-0.2, -0.15) is 0 Å². The van der Waals surface area contributed by atoms with Crippen LogP contribution in [0.3, 0.4) is 0 Å². The minimum atomic E-state index is 0.679. The molecule has 0 aliphatic heterocycles. The van der Waals surface area contributed by atoms with E-state index in [1.165, 1.54) is 122 Å². The molecule has 0 aromatic heterocycles. The van der Waals surface area contributed by atoms with Crippen LogP contribution in [0, 0.1) is 29.1 Å². The molecular weight excluding hydrogens is 364 g/mol. The molecule has 0 saturated heterocycles. The quantitative estimate of drug-likeness (QED) is 0.227. The highest BCUT2D eigenvalue weighted by atomic mass is 16.5. The predicted octanol–water partition coefficient (Wildman–Crippen LogP) is 9.11. The van der Waals surface area contributed by atoms with Gasteiger partial charge >= 0.3 is 0 Å². The van der Waals surface area contributed by atoms with Crippen molar-refractivity contribution in [2.45, 2.75) is 129 Å². The fourth-order valence-electron chi connectivity index (χ4n) is 7.62. The first-order chi connectivity index (χ1) is 14.8. The predicted molar refractivity (Wildman–Crippen MR) is 131 cm³/mol. The van der Waals surface area contributed by atoms with Crippen molar-refractivity contribution in [3.05, 3.63) is 12.7 Å². The van der Waals surface area contributed by atoms with Crippen LogP contribution in [0.2, 0.25) is 0 Å². The summed E-state index contributed by atoms with van der Waals surface area (Å²) >= 11 is 0. The average Bonchev–Trinajstić information content (AvgIpc) is 2.81. The summed E-state index contributed by atoms with van der Waals surface area (Å²) < 4.78 is 5.82. The molecule has 3 fully saturated rings. The van der Waals surface area contributed by atoms with Crippen molar-refractivity contribution in [2.75, 3.05) is 13.2 Å². The van der Waals surface area contributed by atoms with E-state index < -0.39 is 0 Å². The third-order valence-corrected chi connectivity index (χ3v) is 9.39. The van der Waals surface area contributed by atoms with Crippen molar-refractivity contribution in [3.63, 3.8) is 0 Å². The van der Waals surface area contributed by atoms with Crippen molar-refractivity contribution in [3.8, 4) is 0 Å². The molecule has 0 aromatic rings. The number of hydrogen-bond donors (Lipinski definition) is 0. The Morgan fingerprint density at radius 2 is 1.57 bits per heavy atom. The van der Waals surface area contributed by atoms with E-state index >= 15 is 0 Å². The van der Waals surface area contributed by atoms with Crippen LogP contribution in [0.15, 0.2) is 12.7 Å². The Kier molecular flexibility index (Phi) is 10.8. The summed E-state index contributed by atoms with van der Waals surface area (Å²) in [6.07, 6.45) is 30.3. The van der Waals surface area contributed by atoms with Crippen molar-refractivity contribution in [1.29, 1.82) is 0 Å². The van der Waals surface area contributed by atoms with Crippen LogP contribution in [-0.4, -0.2) is 13.2 Å². The smallest absolute Gasteiger partial charge is 0.0644 e. The minimum Gasteiger partial charge on any atom is -0.377 e. The molecule has 0 bridgehead atoms. The molecule has 1 unspecified atom stereocenters. The summed E-state index contributed by atoms with van der Waals surface area (Å²) in [5, 5.41) is 0. The highest BCUT2D eigenvalue weighted by molar-refractivity contribution is 4.92. The molecule has 174 valence electrons. The number of hydrogen-bond acceptors (Lipinski definition) is 1. The summed E-state index contributed by atoms with van der Waals surface area (Å²) in [6.45, 7) is 7.90. The summed E-state index contributed by atoms with van der Waals surface area (Å²) in [4.78, 5) is 0. The molecule has 1 atom stereocenters. The normalized spacial score (nSPS) is 30.2. The Hall–Kier alpha value is -0.300.